The molecule has 0 aliphatic carbocycles. The first-order chi connectivity index (χ1) is 11.7. The average Bonchev–Trinajstić information content (AvgIpc) is 3.30. The molecule has 24 heavy (non-hydrogen) atoms. The van der Waals surface area contributed by atoms with Crippen LogP contribution in [0.15, 0.2) is 35.0 Å². The monoisotopic (exact) mass is 342 g/mol. The number of carbonyl (C=O) groups is 1. The third-order valence-corrected chi connectivity index (χ3v) is 4.85. The van der Waals surface area contributed by atoms with Crippen LogP contribution >= 0.6 is 11.3 Å². The van der Waals surface area contributed by atoms with Gasteiger partial charge in [0.15, 0.2) is 18.1 Å². The first-order valence-corrected chi connectivity index (χ1v) is 8.69. The van der Waals surface area contributed by atoms with Gasteiger partial charge in [0.05, 0.1) is 24.8 Å². The van der Waals surface area contributed by atoms with Crippen LogP contribution in [0, 0.1) is 11.3 Å². The second-order valence-corrected chi connectivity index (χ2v) is 6.35. The lowest BCUT2D eigenvalue weighted by atomic mass is 10.1. The number of ether oxygens (including phenoxy) is 2. The van der Waals surface area contributed by atoms with E-state index in [1.807, 2.05) is 10.3 Å². The van der Waals surface area contributed by atoms with E-state index in [4.69, 9.17) is 14.7 Å². The van der Waals surface area contributed by atoms with Crippen molar-refractivity contribution in [1.82, 2.24) is 4.90 Å². The van der Waals surface area contributed by atoms with Gasteiger partial charge in [-0.25, -0.2) is 0 Å². The van der Waals surface area contributed by atoms with Crippen LogP contribution in [0.2, 0.25) is 0 Å². The third kappa shape index (κ3) is 3.36. The van der Waals surface area contributed by atoms with Crippen LogP contribution < -0.4 is 9.47 Å². The molecule has 3 rings (SSSR count). The Hall–Kier alpha value is -2.52. The molecule has 1 atom stereocenters. The summed E-state index contributed by atoms with van der Waals surface area (Å²) in [5.74, 6) is 0.892. The number of methoxy groups -OCH3 is 1. The van der Waals surface area contributed by atoms with Crippen LogP contribution in [0.1, 0.15) is 30.0 Å². The molecular formula is C18H18N2O3S. The van der Waals surface area contributed by atoms with Crippen LogP contribution in [-0.2, 0) is 4.79 Å². The van der Waals surface area contributed by atoms with Gasteiger partial charge in [0.1, 0.15) is 0 Å². The highest BCUT2D eigenvalue weighted by Crippen LogP contribution is 2.33. The molecule has 5 nitrogen and oxygen atoms in total. The summed E-state index contributed by atoms with van der Waals surface area (Å²) >= 11 is 1.65. The minimum absolute atomic E-state index is 0.0323. The van der Waals surface area contributed by atoms with Gasteiger partial charge in [0.2, 0.25) is 0 Å². The Labute approximate surface area is 145 Å². The number of hydrogen-bond acceptors (Lipinski definition) is 5. The number of thiophene rings is 1. The maximum absolute atomic E-state index is 12.6. The number of likely N-dealkylation sites (tertiary alicyclic amines) is 1. The SMILES string of the molecule is COc1cc(C#N)ccc1OCC(=O)N1CCC[C@@H]1c1ccsc1. The molecule has 0 radical (unpaired) electrons. The Balaban J connectivity index is 1.66. The van der Waals surface area contributed by atoms with Crippen molar-refractivity contribution >= 4 is 17.2 Å². The third-order valence-electron chi connectivity index (χ3n) is 4.14. The fourth-order valence-electron chi connectivity index (χ4n) is 2.96. The quantitative estimate of drug-likeness (QED) is 0.836. The Kier molecular flexibility index (Phi) is 5.02. The Bertz CT molecular complexity index is 752. The van der Waals surface area contributed by atoms with Crippen molar-refractivity contribution in [3.8, 4) is 17.6 Å². The normalized spacial score (nSPS) is 16.7. The lowest BCUT2D eigenvalue weighted by molar-refractivity contribution is -0.134. The zero-order valence-electron chi connectivity index (χ0n) is 13.4. The van der Waals surface area contributed by atoms with E-state index < -0.39 is 0 Å². The van der Waals surface area contributed by atoms with Gasteiger partial charge in [0, 0.05) is 12.6 Å². The molecule has 1 fully saturated rings. The van der Waals surface area contributed by atoms with Gasteiger partial charge in [-0.1, -0.05) is 0 Å². The summed E-state index contributed by atoms with van der Waals surface area (Å²) < 4.78 is 10.9. The molecular weight excluding hydrogens is 324 g/mol. The van der Waals surface area contributed by atoms with Crippen molar-refractivity contribution in [3.63, 3.8) is 0 Å². The maximum Gasteiger partial charge on any atom is 0.261 e. The smallest absolute Gasteiger partial charge is 0.261 e. The highest BCUT2D eigenvalue weighted by Gasteiger charge is 2.30. The van der Waals surface area contributed by atoms with Crippen LogP contribution in [-0.4, -0.2) is 31.1 Å². The van der Waals surface area contributed by atoms with Crippen molar-refractivity contribution in [2.24, 2.45) is 0 Å². The first-order valence-electron chi connectivity index (χ1n) is 7.75. The van der Waals surface area contributed by atoms with E-state index >= 15 is 0 Å². The van der Waals surface area contributed by atoms with Crippen molar-refractivity contribution in [2.45, 2.75) is 18.9 Å². The topological polar surface area (TPSA) is 62.6 Å². The minimum Gasteiger partial charge on any atom is -0.493 e. The lowest BCUT2D eigenvalue weighted by Gasteiger charge is -2.24. The Morgan fingerprint density at radius 3 is 3.00 bits per heavy atom. The molecule has 0 unspecified atom stereocenters. The summed E-state index contributed by atoms with van der Waals surface area (Å²) in [6, 6.07) is 9.18. The number of carbonyl (C=O) groups excluding carboxylic acids is 1. The molecule has 1 amide bonds. The number of nitriles is 1. The Morgan fingerprint density at radius 1 is 1.42 bits per heavy atom. The average molecular weight is 342 g/mol. The van der Waals surface area contributed by atoms with Crippen molar-refractivity contribution in [1.29, 1.82) is 5.26 Å². The van der Waals surface area contributed by atoms with Gasteiger partial charge >= 0.3 is 0 Å². The zero-order valence-corrected chi connectivity index (χ0v) is 14.2. The molecule has 1 aromatic heterocycles. The lowest BCUT2D eigenvalue weighted by Crippen LogP contribution is -2.34. The van der Waals surface area contributed by atoms with Crippen molar-refractivity contribution in [3.05, 3.63) is 46.2 Å². The summed E-state index contributed by atoms with van der Waals surface area (Å²) in [6.07, 6.45) is 2.00. The molecule has 2 aromatic rings. The predicted molar refractivity (Wildman–Crippen MR) is 91.2 cm³/mol. The van der Waals surface area contributed by atoms with E-state index in [-0.39, 0.29) is 18.6 Å². The maximum atomic E-state index is 12.6. The highest BCUT2D eigenvalue weighted by molar-refractivity contribution is 7.07. The van der Waals surface area contributed by atoms with Crippen LogP contribution in [0.3, 0.4) is 0 Å². The van der Waals surface area contributed by atoms with Gasteiger partial charge in [-0.15, -0.1) is 0 Å². The van der Waals surface area contributed by atoms with Gasteiger partial charge < -0.3 is 14.4 Å². The molecule has 0 saturated carbocycles. The first kappa shape index (κ1) is 16.3. The van der Waals surface area contributed by atoms with E-state index in [1.54, 1.807) is 29.5 Å². The second-order valence-electron chi connectivity index (χ2n) is 5.57. The summed E-state index contributed by atoms with van der Waals surface area (Å²) in [7, 11) is 1.51. The molecule has 1 saturated heterocycles. The fourth-order valence-corrected chi connectivity index (χ4v) is 3.66. The summed E-state index contributed by atoms with van der Waals surface area (Å²) in [4.78, 5) is 14.4. The fraction of sp³-hybridized carbons (Fsp3) is 0.333. The summed E-state index contributed by atoms with van der Waals surface area (Å²) in [5.41, 5.74) is 1.68. The number of benzene rings is 1. The molecule has 1 aromatic carbocycles. The van der Waals surface area contributed by atoms with Crippen LogP contribution in [0.5, 0.6) is 11.5 Å². The van der Waals surface area contributed by atoms with Crippen molar-refractivity contribution in [2.75, 3.05) is 20.3 Å². The molecule has 6 heteroatoms. The van der Waals surface area contributed by atoms with E-state index in [1.165, 1.54) is 12.7 Å². The van der Waals surface area contributed by atoms with Gasteiger partial charge in [-0.05, 0) is 47.4 Å². The molecule has 0 bridgehead atoms. The second kappa shape index (κ2) is 7.37. The molecule has 124 valence electrons. The van der Waals surface area contributed by atoms with E-state index in [0.29, 0.717) is 17.1 Å². The Morgan fingerprint density at radius 2 is 2.29 bits per heavy atom. The van der Waals surface area contributed by atoms with Crippen LogP contribution in [0.25, 0.3) is 0 Å². The van der Waals surface area contributed by atoms with Gasteiger partial charge in [-0.3, -0.25) is 4.79 Å². The number of rotatable bonds is 5. The van der Waals surface area contributed by atoms with E-state index in [0.717, 1.165) is 19.4 Å². The predicted octanol–water partition coefficient (Wildman–Crippen LogP) is 3.37. The minimum atomic E-state index is -0.0388. The van der Waals surface area contributed by atoms with Gasteiger partial charge in [0.25, 0.3) is 5.91 Å². The number of nitrogens with zero attached hydrogens (tertiary/aromatic N) is 2. The molecule has 2 heterocycles. The molecule has 0 N–H and O–H groups in total. The largest absolute Gasteiger partial charge is 0.493 e. The summed E-state index contributed by atoms with van der Waals surface area (Å²) in [6.45, 7) is 0.718. The number of amides is 1. The molecule has 1 aliphatic heterocycles. The van der Waals surface area contributed by atoms with Crippen LogP contribution in [0.4, 0.5) is 0 Å². The summed E-state index contributed by atoms with van der Waals surface area (Å²) in [5, 5.41) is 13.1. The van der Waals surface area contributed by atoms with Gasteiger partial charge in [-0.2, -0.15) is 16.6 Å². The molecule has 0 spiro atoms. The standard InChI is InChI=1S/C18H18N2O3S/c1-22-17-9-13(10-19)4-5-16(17)23-11-18(21)20-7-2-3-15(20)14-6-8-24-12-14/h4-6,8-9,12,15H,2-3,7,11H2,1H3/t15-/m1/s1. The van der Waals surface area contributed by atoms with Crippen molar-refractivity contribution < 1.29 is 14.3 Å². The van der Waals surface area contributed by atoms with E-state index in [2.05, 4.69) is 17.5 Å². The van der Waals surface area contributed by atoms with E-state index in [9.17, 15) is 4.79 Å². The number of hydrogen-bond donors (Lipinski definition) is 0. The highest BCUT2D eigenvalue weighted by atomic mass is 32.1. The molecule has 1 aliphatic rings. The zero-order chi connectivity index (χ0) is 16.9.